The van der Waals surface area contributed by atoms with Gasteiger partial charge >= 0.3 is 0 Å². The number of benzene rings is 1. The van der Waals surface area contributed by atoms with Crippen LogP contribution in [0.2, 0.25) is 0 Å². The van der Waals surface area contributed by atoms with Crippen LogP contribution in [0.4, 0.5) is 11.5 Å². The molecule has 0 spiro atoms. The molecular formula is C17H17N5O. The lowest BCUT2D eigenvalue weighted by Gasteiger charge is -2.22. The summed E-state index contributed by atoms with van der Waals surface area (Å²) in [5, 5.41) is 8.91. The molecule has 6 nitrogen and oxygen atoms in total. The summed E-state index contributed by atoms with van der Waals surface area (Å²) in [5.41, 5.74) is 1.18. The van der Waals surface area contributed by atoms with Gasteiger partial charge in [0, 0.05) is 25.8 Å². The lowest BCUT2D eigenvalue weighted by Crippen LogP contribution is -2.34. The Morgan fingerprint density at radius 2 is 2.13 bits per heavy atom. The second kappa shape index (κ2) is 6.44. The fourth-order valence-electron chi connectivity index (χ4n) is 2.78. The molecule has 3 rings (SSSR count). The topological polar surface area (TPSA) is 73.1 Å². The Balaban J connectivity index is 1.70. The predicted molar refractivity (Wildman–Crippen MR) is 86.9 cm³/mol. The van der Waals surface area contributed by atoms with Crippen molar-refractivity contribution >= 4 is 17.4 Å². The van der Waals surface area contributed by atoms with E-state index in [1.807, 2.05) is 41.3 Å². The number of carbonyl (C=O) groups excluding carboxylic acids is 1. The highest BCUT2D eigenvalue weighted by atomic mass is 16.2. The molecule has 0 aliphatic carbocycles. The predicted octanol–water partition coefficient (Wildman–Crippen LogP) is 1.84. The molecule has 1 aliphatic rings. The molecule has 6 heteroatoms. The molecule has 0 saturated carbocycles. The van der Waals surface area contributed by atoms with Crippen LogP contribution in [-0.4, -0.2) is 36.0 Å². The van der Waals surface area contributed by atoms with Crippen LogP contribution < -0.4 is 9.80 Å². The Morgan fingerprint density at radius 3 is 2.87 bits per heavy atom. The van der Waals surface area contributed by atoms with Gasteiger partial charge in [0.1, 0.15) is 11.9 Å². The van der Waals surface area contributed by atoms with Crippen molar-refractivity contribution in [1.29, 1.82) is 5.26 Å². The minimum absolute atomic E-state index is 0.0762. The Hall–Kier alpha value is -2.94. The minimum atomic E-state index is -0.0762. The summed E-state index contributed by atoms with van der Waals surface area (Å²) in [7, 11) is 1.80. The number of anilines is 2. The maximum absolute atomic E-state index is 12.7. The van der Waals surface area contributed by atoms with Crippen LogP contribution in [0.1, 0.15) is 12.1 Å². The molecule has 1 saturated heterocycles. The third-order valence-electron chi connectivity index (χ3n) is 4.07. The molecule has 0 radical (unpaired) electrons. The zero-order chi connectivity index (χ0) is 16.2. The molecule has 1 atom stereocenters. The number of para-hydroxylation sites is 1. The molecule has 23 heavy (non-hydrogen) atoms. The van der Waals surface area contributed by atoms with Gasteiger partial charge in [-0.1, -0.05) is 18.2 Å². The second-order valence-corrected chi connectivity index (χ2v) is 5.54. The first-order valence-electron chi connectivity index (χ1n) is 7.49. The minimum Gasteiger partial charge on any atom is -0.354 e. The second-order valence-electron chi connectivity index (χ2n) is 5.54. The molecule has 1 aliphatic heterocycles. The molecule has 1 fully saturated rings. The van der Waals surface area contributed by atoms with Crippen molar-refractivity contribution in [2.75, 3.05) is 29.9 Å². The fraction of sp³-hybridized carbons (Fsp3) is 0.294. The summed E-state index contributed by atoms with van der Waals surface area (Å²) in [6.45, 7) is 1.34. The molecule has 1 aromatic carbocycles. The van der Waals surface area contributed by atoms with Gasteiger partial charge in [0.05, 0.1) is 18.3 Å². The molecule has 2 heterocycles. The fourth-order valence-corrected chi connectivity index (χ4v) is 2.78. The van der Waals surface area contributed by atoms with E-state index in [1.54, 1.807) is 18.1 Å². The van der Waals surface area contributed by atoms with Gasteiger partial charge in [0.25, 0.3) is 0 Å². The van der Waals surface area contributed by atoms with Crippen LogP contribution in [0.15, 0.2) is 42.7 Å². The molecule has 0 unspecified atom stereocenters. The average molecular weight is 307 g/mol. The van der Waals surface area contributed by atoms with Gasteiger partial charge < -0.3 is 9.80 Å². The van der Waals surface area contributed by atoms with Crippen LogP contribution in [0, 0.1) is 17.2 Å². The molecule has 1 aromatic heterocycles. The van der Waals surface area contributed by atoms with Crippen molar-refractivity contribution in [1.82, 2.24) is 9.97 Å². The Kier molecular flexibility index (Phi) is 4.20. The molecule has 2 aromatic rings. The molecular weight excluding hydrogens is 290 g/mol. The van der Waals surface area contributed by atoms with Gasteiger partial charge in [-0.2, -0.15) is 5.26 Å². The molecule has 116 valence electrons. The third-order valence-corrected chi connectivity index (χ3v) is 4.07. The summed E-state index contributed by atoms with van der Waals surface area (Å²) in [5.74, 6) is 0.678. The van der Waals surface area contributed by atoms with Gasteiger partial charge in [-0.15, -0.1) is 0 Å². The van der Waals surface area contributed by atoms with Crippen LogP contribution in [-0.2, 0) is 4.79 Å². The Labute approximate surface area is 135 Å². The van der Waals surface area contributed by atoms with Crippen LogP contribution in [0.5, 0.6) is 0 Å². The summed E-state index contributed by atoms with van der Waals surface area (Å²) < 4.78 is 0. The van der Waals surface area contributed by atoms with E-state index in [9.17, 15) is 4.79 Å². The quantitative estimate of drug-likeness (QED) is 0.865. The number of hydrogen-bond donors (Lipinski definition) is 0. The number of nitriles is 1. The van der Waals surface area contributed by atoms with Crippen molar-refractivity contribution in [3.05, 3.63) is 48.4 Å². The van der Waals surface area contributed by atoms with Gasteiger partial charge in [-0.3, -0.25) is 9.78 Å². The van der Waals surface area contributed by atoms with Crippen molar-refractivity contribution in [3.63, 3.8) is 0 Å². The smallest absolute Gasteiger partial charge is 0.231 e. The van der Waals surface area contributed by atoms with E-state index in [2.05, 4.69) is 9.97 Å². The Bertz CT molecular complexity index is 740. The molecule has 1 amide bonds. The van der Waals surface area contributed by atoms with E-state index >= 15 is 0 Å². The highest BCUT2D eigenvalue weighted by Crippen LogP contribution is 2.24. The largest absolute Gasteiger partial charge is 0.354 e. The lowest BCUT2D eigenvalue weighted by molar-refractivity contribution is -0.121. The first kappa shape index (κ1) is 15.0. The van der Waals surface area contributed by atoms with Gasteiger partial charge in [-0.25, -0.2) is 4.98 Å². The number of hydrogen-bond acceptors (Lipinski definition) is 5. The monoisotopic (exact) mass is 307 g/mol. The number of rotatable bonds is 3. The van der Waals surface area contributed by atoms with Crippen LogP contribution in [0.25, 0.3) is 0 Å². The van der Waals surface area contributed by atoms with E-state index in [0.29, 0.717) is 18.1 Å². The summed E-state index contributed by atoms with van der Waals surface area (Å²) >= 11 is 0. The van der Waals surface area contributed by atoms with E-state index < -0.39 is 0 Å². The normalized spacial score (nSPS) is 16.9. The van der Waals surface area contributed by atoms with Gasteiger partial charge in [-0.05, 0) is 18.6 Å². The summed E-state index contributed by atoms with van der Waals surface area (Å²) in [6, 6.07) is 11.6. The first-order valence-corrected chi connectivity index (χ1v) is 7.49. The zero-order valence-electron chi connectivity index (χ0n) is 12.9. The Morgan fingerprint density at radius 1 is 1.35 bits per heavy atom. The zero-order valence-corrected chi connectivity index (χ0v) is 12.9. The third kappa shape index (κ3) is 3.14. The maximum Gasteiger partial charge on any atom is 0.231 e. The van der Waals surface area contributed by atoms with Crippen LogP contribution in [0.3, 0.4) is 0 Å². The first-order chi connectivity index (χ1) is 11.2. The number of amides is 1. The van der Waals surface area contributed by atoms with E-state index in [4.69, 9.17) is 5.26 Å². The van der Waals surface area contributed by atoms with E-state index in [1.165, 1.54) is 6.20 Å². The number of nitrogens with zero attached hydrogens (tertiary/aromatic N) is 5. The van der Waals surface area contributed by atoms with E-state index in [-0.39, 0.29) is 11.8 Å². The lowest BCUT2D eigenvalue weighted by atomic mass is 10.1. The highest BCUT2D eigenvalue weighted by Gasteiger charge is 2.31. The molecule has 0 bridgehead atoms. The van der Waals surface area contributed by atoms with Crippen molar-refractivity contribution < 1.29 is 4.79 Å². The maximum atomic E-state index is 12.7. The number of carbonyl (C=O) groups is 1. The van der Waals surface area contributed by atoms with Gasteiger partial charge in [0.2, 0.25) is 5.91 Å². The number of aromatic nitrogens is 2. The summed E-state index contributed by atoms with van der Waals surface area (Å²) in [4.78, 5) is 24.6. The van der Waals surface area contributed by atoms with Gasteiger partial charge in [0.15, 0.2) is 5.69 Å². The van der Waals surface area contributed by atoms with Crippen LogP contribution >= 0.6 is 0 Å². The van der Waals surface area contributed by atoms with Crippen molar-refractivity contribution in [2.45, 2.75) is 6.42 Å². The standard InChI is InChI=1S/C17H17N5O/c1-21(15-5-3-2-4-6-15)17(23)13-7-8-22(12-13)16-11-19-10-14(9-18)20-16/h2-6,10-11,13H,7-8,12H2,1H3/t13-/m1/s1. The summed E-state index contributed by atoms with van der Waals surface area (Å²) in [6.07, 6.45) is 3.84. The van der Waals surface area contributed by atoms with E-state index in [0.717, 1.165) is 18.7 Å². The van der Waals surface area contributed by atoms with Crippen molar-refractivity contribution in [3.8, 4) is 6.07 Å². The molecule has 0 N–H and O–H groups in total. The highest BCUT2D eigenvalue weighted by molar-refractivity contribution is 5.95. The SMILES string of the molecule is CN(C(=O)[C@@H]1CCN(c2cncc(C#N)n2)C1)c1ccccc1. The average Bonchev–Trinajstić information content (AvgIpc) is 3.11. The van der Waals surface area contributed by atoms with Crippen molar-refractivity contribution in [2.24, 2.45) is 5.92 Å².